The van der Waals surface area contributed by atoms with Crippen LogP contribution >= 0.6 is 11.8 Å². The lowest BCUT2D eigenvalue weighted by molar-refractivity contribution is -0.121. The van der Waals surface area contributed by atoms with Gasteiger partial charge in [0.2, 0.25) is 17.6 Å². The number of para-hydroxylation sites is 1. The summed E-state index contributed by atoms with van der Waals surface area (Å²) in [6, 6.07) is 14.2. The number of anilines is 1. The highest BCUT2D eigenvalue weighted by molar-refractivity contribution is 8.00. The maximum atomic E-state index is 12.8. The molecule has 0 N–H and O–H groups in total. The van der Waals surface area contributed by atoms with E-state index in [1.54, 1.807) is 42.7 Å². The molecule has 1 aliphatic rings. The van der Waals surface area contributed by atoms with Crippen molar-refractivity contribution >= 4 is 41.0 Å². The van der Waals surface area contributed by atoms with Gasteiger partial charge in [0.05, 0.1) is 23.9 Å². The Hall–Kier alpha value is -4.05. The number of imide groups is 1. The molecule has 34 heavy (non-hydrogen) atoms. The smallest absolute Gasteiger partial charge is 0.338 e. The van der Waals surface area contributed by atoms with Crippen LogP contribution in [-0.2, 0) is 14.3 Å². The second-order valence-electron chi connectivity index (χ2n) is 7.16. The van der Waals surface area contributed by atoms with Gasteiger partial charge in [0.15, 0.2) is 11.8 Å². The molecule has 1 fully saturated rings. The number of hydrogen-bond donors (Lipinski definition) is 0. The summed E-state index contributed by atoms with van der Waals surface area (Å²) >= 11 is 1.13. The minimum absolute atomic E-state index is 0.0244. The number of rotatable bonds is 8. The molecule has 0 bridgehead atoms. The Balaban J connectivity index is 1.38. The molecule has 9 nitrogen and oxygen atoms in total. The van der Waals surface area contributed by atoms with Crippen LogP contribution in [0.1, 0.15) is 27.1 Å². The van der Waals surface area contributed by atoms with E-state index < -0.39 is 23.6 Å². The number of carbonyl (C=O) groups is 4. The number of methoxy groups -OCH3 is 1. The summed E-state index contributed by atoms with van der Waals surface area (Å²) in [6.45, 7) is -0.454. The van der Waals surface area contributed by atoms with Crippen molar-refractivity contribution in [3.05, 3.63) is 78.1 Å². The van der Waals surface area contributed by atoms with Crippen molar-refractivity contribution in [2.24, 2.45) is 0 Å². The van der Waals surface area contributed by atoms with Crippen molar-refractivity contribution < 1.29 is 28.7 Å². The molecule has 1 atom stereocenters. The molecule has 3 aromatic rings. The second-order valence-corrected chi connectivity index (χ2v) is 8.33. The first-order valence-electron chi connectivity index (χ1n) is 10.2. The number of esters is 1. The fraction of sp³-hybridized carbons (Fsp3) is 0.167. The Morgan fingerprint density at radius 3 is 2.44 bits per heavy atom. The summed E-state index contributed by atoms with van der Waals surface area (Å²) in [5.74, 6) is -1.44. The number of nitrogens with zero attached hydrogens (tertiary/aromatic N) is 3. The minimum Gasteiger partial charge on any atom is -0.496 e. The molecule has 2 aromatic carbocycles. The molecule has 1 saturated heterocycles. The Morgan fingerprint density at radius 2 is 1.74 bits per heavy atom. The van der Waals surface area contributed by atoms with Gasteiger partial charge in [-0.05, 0) is 42.5 Å². The third-order valence-corrected chi connectivity index (χ3v) is 6.07. The first kappa shape index (κ1) is 23.1. The van der Waals surface area contributed by atoms with Crippen LogP contribution in [0.2, 0.25) is 0 Å². The molecular formula is C24H19N3O6S. The molecule has 2 heterocycles. The summed E-state index contributed by atoms with van der Waals surface area (Å²) in [7, 11) is 1.45. The summed E-state index contributed by atoms with van der Waals surface area (Å²) < 4.78 is 10.3. The average Bonchev–Trinajstić information content (AvgIpc) is 3.15. The van der Waals surface area contributed by atoms with E-state index in [9.17, 15) is 19.2 Å². The van der Waals surface area contributed by atoms with Crippen molar-refractivity contribution in [3.8, 4) is 5.75 Å². The van der Waals surface area contributed by atoms with Crippen molar-refractivity contribution in [2.75, 3.05) is 18.6 Å². The molecule has 172 valence electrons. The van der Waals surface area contributed by atoms with Crippen LogP contribution in [0.25, 0.3) is 0 Å². The number of carbonyl (C=O) groups excluding carboxylic acids is 4. The van der Waals surface area contributed by atoms with Gasteiger partial charge in [-0.25, -0.2) is 19.7 Å². The molecule has 0 saturated carbocycles. The van der Waals surface area contributed by atoms with E-state index in [0.29, 0.717) is 22.2 Å². The van der Waals surface area contributed by atoms with Gasteiger partial charge in [-0.1, -0.05) is 23.9 Å². The number of amides is 2. The van der Waals surface area contributed by atoms with Crippen LogP contribution < -0.4 is 9.64 Å². The third-order valence-electron chi connectivity index (χ3n) is 5.00. The predicted octanol–water partition coefficient (Wildman–Crippen LogP) is 2.95. The fourth-order valence-corrected chi connectivity index (χ4v) is 4.28. The first-order valence-corrected chi connectivity index (χ1v) is 11.1. The van der Waals surface area contributed by atoms with Crippen molar-refractivity contribution in [1.82, 2.24) is 9.97 Å². The zero-order valence-electron chi connectivity index (χ0n) is 18.0. The Morgan fingerprint density at radius 1 is 1.03 bits per heavy atom. The average molecular weight is 477 g/mol. The lowest BCUT2D eigenvalue weighted by atomic mass is 10.1. The maximum absolute atomic E-state index is 12.8. The molecule has 4 rings (SSSR count). The zero-order chi connectivity index (χ0) is 24.1. The second kappa shape index (κ2) is 10.3. The first-order chi connectivity index (χ1) is 16.5. The Kier molecular flexibility index (Phi) is 6.98. The van der Waals surface area contributed by atoms with Crippen LogP contribution in [0.5, 0.6) is 5.75 Å². The number of hydrogen-bond acceptors (Lipinski definition) is 9. The summed E-state index contributed by atoms with van der Waals surface area (Å²) in [4.78, 5) is 59.3. The van der Waals surface area contributed by atoms with Crippen molar-refractivity contribution in [1.29, 1.82) is 0 Å². The van der Waals surface area contributed by atoms with Gasteiger partial charge in [-0.15, -0.1) is 0 Å². The van der Waals surface area contributed by atoms with Gasteiger partial charge in [-0.2, -0.15) is 0 Å². The van der Waals surface area contributed by atoms with Crippen molar-refractivity contribution in [3.63, 3.8) is 0 Å². The molecular weight excluding hydrogens is 458 g/mol. The van der Waals surface area contributed by atoms with Crippen molar-refractivity contribution in [2.45, 2.75) is 16.8 Å². The zero-order valence-corrected chi connectivity index (χ0v) is 18.9. The highest BCUT2D eigenvalue weighted by Crippen LogP contribution is 2.32. The largest absolute Gasteiger partial charge is 0.496 e. The fourth-order valence-electron chi connectivity index (χ4n) is 3.35. The molecule has 1 unspecified atom stereocenters. The molecule has 10 heteroatoms. The lowest BCUT2D eigenvalue weighted by Gasteiger charge is -2.15. The summed E-state index contributed by atoms with van der Waals surface area (Å²) in [5, 5.41) is -0.211. The number of benzene rings is 2. The van der Waals surface area contributed by atoms with Gasteiger partial charge in [0, 0.05) is 18.8 Å². The highest BCUT2D eigenvalue weighted by atomic mass is 32.2. The Labute approximate surface area is 199 Å². The number of Topliss-reactive ketones (excluding diaryl/α,β-unsaturated/α-hetero) is 1. The maximum Gasteiger partial charge on any atom is 0.338 e. The van der Waals surface area contributed by atoms with E-state index in [-0.39, 0.29) is 23.8 Å². The van der Waals surface area contributed by atoms with Crippen LogP contribution in [0.3, 0.4) is 0 Å². The van der Waals surface area contributed by atoms with E-state index in [0.717, 1.165) is 16.7 Å². The van der Waals surface area contributed by atoms with E-state index in [2.05, 4.69) is 9.97 Å². The van der Waals surface area contributed by atoms with E-state index in [1.165, 1.54) is 31.4 Å². The number of ether oxygens (including phenoxy) is 2. The third kappa shape index (κ3) is 4.96. The molecule has 2 amide bonds. The number of aromatic nitrogens is 2. The summed E-state index contributed by atoms with van der Waals surface area (Å²) in [6.07, 6.45) is 3.16. The van der Waals surface area contributed by atoms with Crippen LogP contribution in [-0.4, -0.2) is 52.5 Å². The van der Waals surface area contributed by atoms with Gasteiger partial charge in [0.1, 0.15) is 11.0 Å². The molecule has 1 aromatic heterocycles. The monoisotopic (exact) mass is 477 g/mol. The summed E-state index contributed by atoms with van der Waals surface area (Å²) in [5.41, 5.74) is 0.834. The van der Waals surface area contributed by atoms with Crippen LogP contribution in [0, 0.1) is 0 Å². The molecule has 0 spiro atoms. The van der Waals surface area contributed by atoms with Gasteiger partial charge >= 0.3 is 5.97 Å². The quantitative estimate of drug-likeness (QED) is 0.209. The minimum atomic E-state index is -0.705. The number of ketones is 1. The van der Waals surface area contributed by atoms with Gasteiger partial charge in [-0.3, -0.25) is 14.4 Å². The molecule has 0 radical (unpaired) electrons. The van der Waals surface area contributed by atoms with E-state index in [1.807, 2.05) is 0 Å². The highest BCUT2D eigenvalue weighted by Gasteiger charge is 2.40. The van der Waals surface area contributed by atoms with E-state index in [4.69, 9.17) is 9.47 Å². The normalized spacial score (nSPS) is 15.3. The standard InChI is InChI=1S/C24H19N3O6S/c1-32-19-6-3-2-5-17(19)18(28)14-33-23(31)15-7-9-16(10-8-15)27-21(29)13-20(22(27)30)34-24-25-11-4-12-26-24/h2-12,20H,13-14H2,1H3. The van der Waals surface area contributed by atoms with E-state index >= 15 is 0 Å². The predicted molar refractivity (Wildman–Crippen MR) is 123 cm³/mol. The number of thioether (sulfide) groups is 1. The van der Waals surface area contributed by atoms with Gasteiger partial charge < -0.3 is 9.47 Å². The molecule has 0 aliphatic carbocycles. The Bertz CT molecular complexity index is 1230. The van der Waals surface area contributed by atoms with Gasteiger partial charge in [0.25, 0.3) is 0 Å². The SMILES string of the molecule is COc1ccccc1C(=O)COC(=O)c1ccc(N2C(=O)CC(Sc3ncccn3)C2=O)cc1. The topological polar surface area (TPSA) is 116 Å². The van der Waals surface area contributed by atoms with Crippen LogP contribution in [0.4, 0.5) is 5.69 Å². The lowest BCUT2D eigenvalue weighted by Crippen LogP contribution is -2.31. The van der Waals surface area contributed by atoms with Crippen LogP contribution in [0.15, 0.2) is 72.1 Å². The molecule has 1 aliphatic heterocycles.